The molecule has 1 saturated heterocycles. The molecule has 0 saturated carbocycles. The summed E-state index contributed by atoms with van der Waals surface area (Å²) in [7, 11) is 1.67. The van der Waals surface area contributed by atoms with Crippen LogP contribution in [0.25, 0.3) is 0 Å². The molecule has 1 fully saturated rings. The van der Waals surface area contributed by atoms with Crippen molar-refractivity contribution in [2.24, 2.45) is 13.0 Å². The van der Waals surface area contributed by atoms with E-state index in [2.05, 4.69) is 11.1 Å². The smallest absolute Gasteiger partial charge is 0.255 e. The number of hydrogen-bond acceptors (Lipinski definition) is 3. The number of hydrogen-bond donors (Lipinski definition) is 0. The Hall–Kier alpha value is -2.43. The quantitative estimate of drug-likeness (QED) is 0.869. The van der Waals surface area contributed by atoms with E-state index in [1.165, 1.54) is 16.2 Å². The first-order chi connectivity index (χ1) is 11.5. The van der Waals surface area contributed by atoms with Crippen molar-refractivity contribution >= 4 is 5.91 Å². The number of amides is 1. The molecule has 2 aromatic heterocycles. The van der Waals surface area contributed by atoms with Crippen LogP contribution in [0.4, 0.5) is 0 Å². The zero-order chi connectivity index (χ0) is 17.1. The van der Waals surface area contributed by atoms with Gasteiger partial charge in [0.05, 0.1) is 5.56 Å². The van der Waals surface area contributed by atoms with E-state index in [0.717, 1.165) is 38.0 Å². The molecule has 3 heterocycles. The van der Waals surface area contributed by atoms with Crippen LogP contribution in [0.15, 0.2) is 41.5 Å². The van der Waals surface area contributed by atoms with Crippen molar-refractivity contribution in [3.63, 3.8) is 0 Å². The van der Waals surface area contributed by atoms with Gasteiger partial charge in [0.2, 0.25) is 5.56 Å². The van der Waals surface area contributed by atoms with E-state index in [1.54, 1.807) is 19.3 Å². The van der Waals surface area contributed by atoms with Gasteiger partial charge in [-0.1, -0.05) is 6.07 Å². The van der Waals surface area contributed by atoms with Crippen LogP contribution in [0.1, 0.15) is 34.5 Å². The second-order valence-corrected chi connectivity index (χ2v) is 6.64. The van der Waals surface area contributed by atoms with E-state index >= 15 is 0 Å². The molecule has 1 aliphatic heterocycles. The van der Waals surface area contributed by atoms with Crippen molar-refractivity contribution in [2.75, 3.05) is 13.1 Å². The van der Waals surface area contributed by atoms with Crippen molar-refractivity contribution in [2.45, 2.75) is 26.2 Å². The van der Waals surface area contributed by atoms with Gasteiger partial charge in [0, 0.05) is 44.3 Å². The largest absolute Gasteiger partial charge is 0.338 e. The Kier molecular flexibility index (Phi) is 4.79. The van der Waals surface area contributed by atoms with Crippen LogP contribution in [0.2, 0.25) is 0 Å². The number of pyridine rings is 2. The lowest BCUT2D eigenvalue weighted by atomic mass is 9.91. The third-order valence-corrected chi connectivity index (χ3v) is 4.64. The van der Waals surface area contributed by atoms with Crippen molar-refractivity contribution < 1.29 is 4.79 Å². The molecule has 5 heteroatoms. The Morgan fingerprint density at radius 2 is 2.12 bits per heavy atom. The average Bonchev–Trinajstić information content (AvgIpc) is 2.59. The van der Waals surface area contributed by atoms with E-state index in [0.29, 0.717) is 11.5 Å². The first-order valence-corrected chi connectivity index (χ1v) is 8.40. The van der Waals surface area contributed by atoms with Crippen LogP contribution in [-0.2, 0) is 13.5 Å². The number of carbonyl (C=O) groups excluding carboxylic acids is 1. The molecule has 0 aliphatic carbocycles. The molecular formula is C19H23N3O2. The molecule has 0 bridgehead atoms. The lowest BCUT2D eigenvalue weighted by Crippen LogP contribution is -2.40. The normalized spacial score (nSPS) is 17.8. The highest BCUT2D eigenvalue weighted by atomic mass is 16.2. The molecule has 3 rings (SSSR count). The Labute approximate surface area is 141 Å². The van der Waals surface area contributed by atoms with E-state index < -0.39 is 0 Å². The van der Waals surface area contributed by atoms with Crippen molar-refractivity contribution in [3.8, 4) is 0 Å². The second kappa shape index (κ2) is 6.99. The molecule has 24 heavy (non-hydrogen) atoms. The zero-order valence-electron chi connectivity index (χ0n) is 14.2. The zero-order valence-corrected chi connectivity index (χ0v) is 14.2. The predicted molar refractivity (Wildman–Crippen MR) is 93.0 cm³/mol. The summed E-state index contributed by atoms with van der Waals surface area (Å²) in [4.78, 5) is 30.4. The molecular weight excluding hydrogens is 302 g/mol. The van der Waals surface area contributed by atoms with Crippen LogP contribution in [0, 0.1) is 12.8 Å². The molecule has 0 aromatic carbocycles. The van der Waals surface area contributed by atoms with Crippen LogP contribution < -0.4 is 5.56 Å². The summed E-state index contributed by atoms with van der Waals surface area (Å²) in [5, 5.41) is 0. The monoisotopic (exact) mass is 325 g/mol. The van der Waals surface area contributed by atoms with Gasteiger partial charge in [-0.2, -0.15) is 0 Å². The first-order valence-electron chi connectivity index (χ1n) is 8.40. The number of aryl methyl sites for hydroxylation is 2. The summed E-state index contributed by atoms with van der Waals surface area (Å²) < 4.78 is 1.45. The molecule has 0 spiro atoms. The van der Waals surface area contributed by atoms with Crippen LogP contribution in [-0.4, -0.2) is 33.4 Å². The fraction of sp³-hybridized carbons (Fsp3) is 0.421. The molecule has 0 radical (unpaired) electrons. The fourth-order valence-corrected chi connectivity index (χ4v) is 3.27. The van der Waals surface area contributed by atoms with Crippen LogP contribution in [0.3, 0.4) is 0 Å². The van der Waals surface area contributed by atoms with Crippen molar-refractivity contribution in [1.82, 2.24) is 14.5 Å². The van der Waals surface area contributed by atoms with Crippen molar-refractivity contribution in [3.05, 3.63) is 63.8 Å². The minimum absolute atomic E-state index is 0.0114. The van der Waals surface area contributed by atoms with Gasteiger partial charge in [0.1, 0.15) is 0 Å². The van der Waals surface area contributed by atoms with Crippen LogP contribution >= 0.6 is 0 Å². The molecule has 1 aliphatic rings. The highest BCUT2D eigenvalue weighted by Gasteiger charge is 2.25. The Bertz CT molecular complexity index is 780. The number of aromatic nitrogens is 2. The molecule has 1 amide bonds. The van der Waals surface area contributed by atoms with Crippen LogP contribution in [0.5, 0.6) is 0 Å². The summed E-state index contributed by atoms with van der Waals surface area (Å²) in [5.74, 6) is 0.470. The molecule has 2 aromatic rings. The molecule has 1 atom stereocenters. The van der Waals surface area contributed by atoms with E-state index in [-0.39, 0.29) is 11.5 Å². The second-order valence-electron chi connectivity index (χ2n) is 6.64. The lowest BCUT2D eigenvalue weighted by Gasteiger charge is -2.33. The lowest BCUT2D eigenvalue weighted by molar-refractivity contribution is 0.0672. The summed E-state index contributed by atoms with van der Waals surface area (Å²) in [6.07, 6.45) is 6.65. The topological polar surface area (TPSA) is 55.2 Å². The van der Waals surface area contributed by atoms with Gasteiger partial charge in [-0.15, -0.1) is 0 Å². The maximum atomic E-state index is 12.7. The fourth-order valence-electron chi connectivity index (χ4n) is 3.27. The molecule has 0 unspecified atom stereocenters. The predicted octanol–water partition coefficient (Wildman–Crippen LogP) is 2.18. The SMILES string of the molecule is Cc1ccc(C[C@@H]2CCCN(C(=O)c3ccc(=O)n(C)c3)C2)cn1. The number of piperidine rings is 1. The maximum absolute atomic E-state index is 12.7. The standard InChI is InChI=1S/C19H23N3O2/c1-14-5-6-15(11-20-14)10-16-4-3-9-22(12-16)19(24)17-7-8-18(23)21(2)13-17/h5-8,11,13,16H,3-4,9-10,12H2,1-2H3/t16-/m0/s1. The molecule has 0 N–H and O–H groups in total. The van der Waals surface area contributed by atoms with E-state index in [4.69, 9.17) is 0 Å². The van der Waals surface area contributed by atoms with Gasteiger partial charge in [-0.3, -0.25) is 14.6 Å². The number of likely N-dealkylation sites (tertiary alicyclic amines) is 1. The number of nitrogens with zero attached hydrogens (tertiary/aromatic N) is 3. The highest BCUT2D eigenvalue weighted by Crippen LogP contribution is 2.22. The Morgan fingerprint density at radius 3 is 2.83 bits per heavy atom. The molecule has 5 nitrogen and oxygen atoms in total. The molecule has 126 valence electrons. The summed E-state index contributed by atoms with van der Waals surface area (Å²) in [6.45, 7) is 3.53. The number of rotatable bonds is 3. The van der Waals surface area contributed by atoms with Gasteiger partial charge < -0.3 is 9.47 Å². The van der Waals surface area contributed by atoms with E-state index in [1.807, 2.05) is 24.1 Å². The highest BCUT2D eigenvalue weighted by molar-refractivity contribution is 5.94. The van der Waals surface area contributed by atoms with E-state index in [9.17, 15) is 9.59 Å². The Morgan fingerprint density at radius 1 is 1.29 bits per heavy atom. The van der Waals surface area contributed by atoms with Gasteiger partial charge in [-0.25, -0.2) is 0 Å². The third kappa shape index (κ3) is 3.72. The van der Waals surface area contributed by atoms with Gasteiger partial charge in [-0.05, 0) is 49.8 Å². The third-order valence-electron chi connectivity index (χ3n) is 4.64. The van der Waals surface area contributed by atoms with Crippen molar-refractivity contribution in [1.29, 1.82) is 0 Å². The summed E-state index contributed by atoms with van der Waals surface area (Å²) >= 11 is 0. The first kappa shape index (κ1) is 16.4. The van der Waals surface area contributed by atoms with Gasteiger partial charge >= 0.3 is 0 Å². The van der Waals surface area contributed by atoms with Gasteiger partial charge in [0.25, 0.3) is 5.91 Å². The summed E-state index contributed by atoms with van der Waals surface area (Å²) in [5.41, 5.74) is 2.72. The average molecular weight is 325 g/mol. The number of carbonyl (C=O) groups is 1. The maximum Gasteiger partial charge on any atom is 0.255 e. The van der Waals surface area contributed by atoms with Gasteiger partial charge in [0.15, 0.2) is 0 Å². The summed E-state index contributed by atoms with van der Waals surface area (Å²) in [6, 6.07) is 7.23. The minimum Gasteiger partial charge on any atom is -0.338 e. The Balaban J connectivity index is 1.68. The minimum atomic E-state index is -0.102.